The van der Waals surface area contributed by atoms with Gasteiger partial charge in [0.2, 0.25) is 11.8 Å². The molecule has 0 spiro atoms. The van der Waals surface area contributed by atoms with Crippen molar-refractivity contribution in [2.75, 3.05) is 11.9 Å². The molecule has 32 heavy (non-hydrogen) atoms. The average molecular weight is 583 g/mol. The number of carbonyl (C=O) groups is 3. The van der Waals surface area contributed by atoms with E-state index in [0.717, 1.165) is 4.47 Å². The fraction of sp³-hybridized carbons (Fsp3) is 0.158. The lowest BCUT2D eigenvalue weighted by Crippen LogP contribution is -2.49. The largest absolute Gasteiger partial charge is 0.482 e. The van der Waals surface area contributed by atoms with Crippen LogP contribution in [0.2, 0.25) is 15.1 Å². The van der Waals surface area contributed by atoms with Crippen molar-refractivity contribution in [2.45, 2.75) is 12.8 Å². The second kappa shape index (κ2) is 12.8. The van der Waals surface area contributed by atoms with E-state index in [4.69, 9.17) is 51.8 Å². The molecule has 13 heteroatoms. The topological polar surface area (TPSA) is 109 Å². The fourth-order valence-corrected chi connectivity index (χ4v) is 3.50. The third-order valence-electron chi connectivity index (χ3n) is 3.61. The van der Waals surface area contributed by atoms with Crippen molar-refractivity contribution in [1.82, 2.24) is 16.2 Å². The van der Waals surface area contributed by atoms with Gasteiger partial charge >= 0.3 is 0 Å². The van der Waals surface area contributed by atoms with Crippen molar-refractivity contribution >= 4 is 91.5 Å². The maximum atomic E-state index is 12.0. The monoisotopic (exact) mass is 580 g/mol. The van der Waals surface area contributed by atoms with E-state index in [-0.39, 0.29) is 29.6 Å². The SMILES string of the molecule is O=C(CCC(=O)Nc1ccc(Cl)cc1Cl)NNC(=S)NC(=O)COc1ccc(Br)cc1Cl. The molecule has 2 aromatic rings. The summed E-state index contributed by atoms with van der Waals surface area (Å²) >= 11 is 26.0. The Balaban J connectivity index is 1.65. The van der Waals surface area contributed by atoms with Crippen molar-refractivity contribution in [3.63, 3.8) is 0 Å². The van der Waals surface area contributed by atoms with Crippen LogP contribution < -0.4 is 26.2 Å². The summed E-state index contributed by atoms with van der Waals surface area (Å²) in [5.41, 5.74) is 5.03. The van der Waals surface area contributed by atoms with Gasteiger partial charge in [-0.2, -0.15) is 0 Å². The standard InChI is InChI=1S/C19H16BrCl3N4O4S/c20-10-1-4-15(13(23)7-10)31-9-18(30)25-19(32)27-26-17(29)6-5-16(28)24-14-3-2-11(21)8-12(14)22/h1-4,7-8H,5-6,9H2,(H,24,28)(H,26,29)(H2,25,27,30,32). The average Bonchev–Trinajstić information content (AvgIpc) is 2.72. The minimum Gasteiger partial charge on any atom is -0.482 e. The van der Waals surface area contributed by atoms with Crippen LogP contribution in [0, 0.1) is 0 Å². The van der Waals surface area contributed by atoms with Gasteiger partial charge in [-0.25, -0.2) is 0 Å². The molecule has 0 bridgehead atoms. The minimum absolute atomic E-state index is 0.104. The van der Waals surface area contributed by atoms with E-state index in [0.29, 0.717) is 21.5 Å². The summed E-state index contributed by atoms with van der Waals surface area (Å²) < 4.78 is 6.08. The molecular formula is C19H16BrCl3N4O4S. The number of hydrazine groups is 1. The molecule has 2 rings (SSSR count). The van der Waals surface area contributed by atoms with Gasteiger partial charge in [0, 0.05) is 22.3 Å². The lowest BCUT2D eigenvalue weighted by Gasteiger charge is -2.12. The minimum atomic E-state index is -0.560. The Morgan fingerprint density at radius 2 is 1.62 bits per heavy atom. The molecule has 4 N–H and O–H groups in total. The molecular weight excluding hydrogens is 567 g/mol. The Morgan fingerprint density at radius 3 is 2.31 bits per heavy atom. The number of hydrogen-bond donors (Lipinski definition) is 4. The van der Waals surface area contributed by atoms with E-state index in [1.165, 1.54) is 6.07 Å². The number of amides is 3. The highest BCUT2D eigenvalue weighted by atomic mass is 79.9. The number of anilines is 1. The van der Waals surface area contributed by atoms with Gasteiger partial charge in [-0.1, -0.05) is 50.7 Å². The van der Waals surface area contributed by atoms with Crippen LogP contribution in [0.1, 0.15) is 12.8 Å². The first-order valence-electron chi connectivity index (χ1n) is 8.85. The van der Waals surface area contributed by atoms with Crippen molar-refractivity contribution in [1.29, 1.82) is 0 Å². The third-order valence-corrected chi connectivity index (χ3v) is 5.15. The first kappa shape index (κ1) is 26.1. The van der Waals surface area contributed by atoms with Gasteiger partial charge in [0.15, 0.2) is 11.7 Å². The van der Waals surface area contributed by atoms with Gasteiger partial charge in [-0.05, 0) is 48.6 Å². The summed E-state index contributed by atoms with van der Waals surface area (Å²) in [5, 5.41) is 5.81. The van der Waals surface area contributed by atoms with E-state index in [1.807, 2.05) is 0 Å². The van der Waals surface area contributed by atoms with E-state index < -0.39 is 17.7 Å². The number of thiocarbonyl (C=S) groups is 1. The lowest BCUT2D eigenvalue weighted by atomic mass is 10.2. The molecule has 0 atom stereocenters. The van der Waals surface area contributed by atoms with Crippen LogP contribution in [0.4, 0.5) is 5.69 Å². The number of ether oxygens (including phenoxy) is 1. The fourth-order valence-electron chi connectivity index (χ4n) is 2.15. The first-order valence-corrected chi connectivity index (χ1v) is 11.2. The number of rotatable bonds is 7. The van der Waals surface area contributed by atoms with E-state index in [9.17, 15) is 14.4 Å². The van der Waals surface area contributed by atoms with Gasteiger partial charge in [-0.3, -0.25) is 30.6 Å². The van der Waals surface area contributed by atoms with Gasteiger partial charge in [0.1, 0.15) is 5.75 Å². The molecule has 0 aliphatic carbocycles. The van der Waals surface area contributed by atoms with Gasteiger partial charge in [-0.15, -0.1) is 0 Å². The van der Waals surface area contributed by atoms with Crippen LogP contribution in [0.3, 0.4) is 0 Å². The highest BCUT2D eigenvalue weighted by Gasteiger charge is 2.11. The van der Waals surface area contributed by atoms with E-state index in [2.05, 4.69) is 37.4 Å². The molecule has 0 fully saturated rings. The molecule has 170 valence electrons. The third kappa shape index (κ3) is 9.17. The number of carbonyl (C=O) groups excluding carboxylic acids is 3. The smallest absolute Gasteiger partial charge is 0.264 e. The molecule has 0 aliphatic rings. The normalized spacial score (nSPS) is 10.1. The summed E-state index contributed by atoms with van der Waals surface area (Å²) in [6, 6.07) is 9.57. The lowest BCUT2D eigenvalue weighted by molar-refractivity contribution is -0.125. The van der Waals surface area contributed by atoms with Crippen molar-refractivity contribution < 1.29 is 19.1 Å². The zero-order valence-electron chi connectivity index (χ0n) is 16.1. The molecule has 0 saturated heterocycles. The van der Waals surface area contributed by atoms with Gasteiger partial charge in [0.25, 0.3) is 5.91 Å². The summed E-state index contributed by atoms with van der Waals surface area (Å²) in [7, 11) is 0. The van der Waals surface area contributed by atoms with Crippen molar-refractivity contribution in [3.8, 4) is 5.75 Å². The Labute approximate surface area is 212 Å². The van der Waals surface area contributed by atoms with Crippen LogP contribution in [0.25, 0.3) is 0 Å². The van der Waals surface area contributed by atoms with Crippen LogP contribution in [0.5, 0.6) is 5.75 Å². The molecule has 8 nitrogen and oxygen atoms in total. The predicted molar refractivity (Wildman–Crippen MR) is 131 cm³/mol. The van der Waals surface area contributed by atoms with Crippen molar-refractivity contribution in [2.24, 2.45) is 0 Å². The quantitative estimate of drug-likeness (QED) is 0.288. The molecule has 0 aromatic heterocycles. The summed E-state index contributed by atoms with van der Waals surface area (Å²) in [6.07, 6.45) is -0.237. The number of halogens is 4. The van der Waals surface area contributed by atoms with Crippen LogP contribution in [-0.4, -0.2) is 29.4 Å². The molecule has 0 heterocycles. The van der Waals surface area contributed by atoms with E-state index >= 15 is 0 Å². The summed E-state index contributed by atoms with van der Waals surface area (Å²) in [6.45, 7) is -0.343. The molecule has 0 radical (unpaired) electrons. The second-order valence-electron chi connectivity index (χ2n) is 6.09. The van der Waals surface area contributed by atoms with Crippen molar-refractivity contribution in [3.05, 3.63) is 55.9 Å². The number of nitrogens with one attached hydrogen (secondary N) is 4. The van der Waals surface area contributed by atoms with Crippen LogP contribution in [-0.2, 0) is 14.4 Å². The maximum Gasteiger partial charge on any atom is 0.264 e. The highest BCUT2D eigenvalue weighted by Crippen LogP contribution is 2.27. The molecule has 2 aromatic carbocycles. The Bertz CT molecular complexity index is 1040. The van der Waals surface area contributed by atoms with E-state index in [1.54, 1.807) is 30.3 Å². The summed E-state index contributed by atoms with van der Waals surface area (Å²) in [5.74, 6) is -1.16. The summed E-state index contributed by atoms with van der Waals surface area (Å²) in [4.78, 5) is 35.7. The Kier molecular flexibility index (Phi) is 10.5. The number of benzene rings is 2. The molecule has 3 amide bonds. The zero-order chi connectivity index (χ0) is 23.7. The van der Waals surface area contributed by atoms with Crippen LogP contribution in [0.15, 0.2) is 40.9 Å². The Morgan fingerprint density at radius 1 is 0.906 bits per heavy atom. The zero-order valence-corrected chi connectivity index (χ0v) is 20.8. The first-order chi connectivity index (χ1) is 15.1. The molecule has 0 saturated carbocycles. The van der Waals surface area contributed by atoms with Gasteiger partial charge < -0.3 is 10.1 Å². The highest BCUT2D eigenvalue weighted by molar-refractivity contribution is 9.10. The molecule has 0 aliphatic heterocycles. The van der Waals surface area contributed by atoms with Gasteiger partial charge in [0.05, 0.1) is 15.7 Å². The Hall–Kier alpha value is -2.11. The van der Waals surface area contributed by atoms with Crippen LogP contribution >= 0.6 is 63.0 Å². The maximum absolute atomic E-state index is 12.0. The predicted octanol–water partition coefficient (Wildman–Crippen LogP) is 4.23. The number of hydrogen-bond acceptors (Lipinski definition) is 5. The molecule has 0 unspecified atom stereocenters. The second-order valence-corrected chi connectivity index (χ2v) is 8.66.